The topological polar surface area (TPSA) is 56.7 Å². The molecule has 0 aliphatic heterocycles. The minimum Gasteiger partial charge on any atom is -0.325 e. The monoisotopic (exact) mass is 234 g/mol. The first-order valence-corrected chi connectivity index (χ1v) is 5.65. The van der Waals surface area contributed by atoms with Gasteiger partial charge < -0.3 is 5.73 Å². The molecule has 0 radical (unpaired) electrons. The Hall–Kier alpha value is -1.75. The molecule has 2 rings (SSSR count). The maximum absolute atomic E-state index is 12.9. The summed E-state index contributed by atoms with van der Waals surface area (Å²) in [4.78, 5) is 0. The average Bonchev–Trinajstić information content (AvgIpc) is 2.74. The Labute approximate surface area is 99.2 Å². The van der Waals surface area contributed by atoms with Gasteiger partial charge in [-0.2, -0.15) is 0 Å². The Morgan fingerprint density at radius 3 is 2.59 bits per heavy atom. The molecule has 4 nitrogen and oxygen atoms in total. The molecule has 0 aliphatic carbocycles. The zero-order valence-electron chi connectivity index (χ0n) is 9.73. The molecule has 17 heavy (non-hydrogen) atoms. The van der Waals surface area contributed by atoms with E-state index in [1.165, 1.54) is 12.1 Å². The summed E-state index contributed by atoms with van der Waals surface area (Å²) >= 11 is 0. The molecule has 0 unspecified atom stereocenters. The summed E-state index contributed by atoms with van der Waals surface area (Å²) in [6.07, 6.45) is 1.85. The minimum atomic E-state index is -0.259. The highest BCUT2D eigenvalue weighted by Crippen LogP contribution is 2.15. The van der Waals surface area contributed by atoms with E-state index in [1.54, 1.807) is 16.8 Å². The van der Waals surface area contributed by atoms with Gasteiger partial charge in [0, 0.05) is 6.54 Å². The molecule has 2 N–H and O–H groups in total. The van der Waals surface area contributed by atoms with Crippen LogP contribution in [0.1, 0.15) is 24.7 Å². The van der Waals surface area contributed by atoms with E-state index in [9.17, 15) is 4.39 Å². The van der Waals surface area contributed by atoms with Crippen molar-refractivity contribution < 1.29 is 4.39 Å². The Morgan fingerprint density at radius 1 is 1.29 bits per heavy atom. The summed E-state index contributed by atoms with van der Waals surface area (Å²) in [6, 6.07) is 6.19. The maximum atomic E-state index is 12.9. The Morgan fingerprint density at radius 2 is 2.00 bits per heavy atom. The number of benzene rings is 1. The van der Waals surface area contributed by atoms with E-state index < -0.39 is 0 Å². The van der Waals surface area contributed by atoms with Crippen LogP contribution in [0.2, 0.25) is 0 Å². The second-order valence-electron chi connectivity index (χ2n) is 3.83. The average molecular weight is 234 g/mol. The van der Waals surface area contributed by atoms with Crippen LogP contribution in [0.15, 0.2) is 24.3 Å². The summed E-state index contributed by atoms with van der Waals surface area (Å²) in [5.74, 6) is -0.259. The molecule has 5 heteroatoms. The predicted octanol–water partition coefficient (Wildman–Crippen LogP) is 1.82. The SMILES string of the molecule is CCCc1c(CN)nnn1-c1ccc(F)cc1. The van der Waals surface area contributed by atoms with Crippen molar-refractivity contribution in [3.63, 3.8) is 0 Å². The molecule has 0 spiro atoms. The summed E-state index contributed by atoms with van der Waals surface area (Å²) in [7, 11) is 0. The number of nitrogens with zero attached hydrogens (tertiary/aromatic N) is 3. The van der Waals surface area contributed by atoms with E-state index in [1.807, 2.05) is 0 Å². The molecule has 0 atom stereocenters. The standard InChI is InChI=1S/C12H15FN4/c1-2-3-12-11(8-14)15-16-17(12)10-6-4-9(13)5-7-10/h4-7H,2-3,8,14H2,1H3. The summed E-state index contributed by atoms with van der Waals surface area (Å²) < 4.78 is 14.6. The van der Waals surface area contributed by atoms with Gasteiger partial charge in [-0.25, -0.2) is 9.07 Å². The van der Waals surface area contributed by atoms with Crippen molar-refractivity contribution in [2.45, 2.75) is 26.3 Å². The van der Waals surface area contributed by atoms with E-state index in [-0.39, 0.29) is 5.82 Å². The van der Waals surface area contributed by atoms with Gasteiger partial charge in [0.15, 0.2) is 0 Å². The van der Waals surface area contributed by atoms with Gasteiger partial charge in [-0.05, 0) is 30.7 Å². The number of rotatable bonds is 4. The van der Waals surface area contributed by atoms with E-state index in [0.717, 1.165) is 29.9 Å². The van der Waals surface area contributed by atoms with Crippen LogP contribution in [-0.2, 0) is 13.0 Å². The molecule has 2 aromatic rings. The van der Waals surface area contributed by atoms with Gasteiger partial charge in [-0.15, -0.1) is 5.10 Å². The lowest BCUT2D eigenvalue weighted by molar-refractivity contribution is 0.626. The first-order chi connectivity index (χ1) is 8.26. The molecule has 1 aromatic carbocycles. The van der Waals surface area contributed by atoms with Crippen LogP contribution in [0.4, 0.5) is 4.39 Å². The number of hydrogen-bond donors (Lipinski definition) is 1. The maximum Gasteiger partial charge on any atom is 0.123 e. The highest BCUT2D eigenvalue weighted by molar-refractivity contribution is 5.33. The molecule has 90 valence electrons. The molecule has 0 aliphatic rings. The van der Waals surface area contributed by atoms with Crippen LogP contribution < -0.4 is 5.73 Å². The van der Waals surface area contributed by atoms with Crippen LogP contribution in [0.5, 0.6) is 0 Å². The fourth-order valence-electron chi connectivity index (χ4n) is 1.77. The zero-order chi connectivity index (χ0) is 12.3. The predicted molar refractivity (Wildman–Crippen MR) is 63.2 cm³/mol. The first kappa shape index (κ1) is 11.7. The second-order valence-corrected chi connectivity index (χ2v) is 3.83. The fraction of sp³-hybridized carbons (Fsp3) is 0.333. The van der Waals surface area contributed by atoms with Gasteiger partial charge in [0.05, 0.1) is 17.1 Å². The van der Waals surface area contributed by atoms with E-state index >= 15 is 0 Å². The molecular formula is C12H15FN4. The van der Waals surface area contributed by atoms with Gasteiger partial charge >= 0.3 is 0 Å². The quantitative estimate of drug-likeness (QED) is 0.877. The van der Waals surface area contributed by atoms with Crippen LogP contribution in [0, 0.1) is 5.82 Å². The first-order valence-electron chi connectivity index (χ1n) is 5.65. The summed E-state index contributed by atoms with van der Waals surface area (Å²) in [5.41, 5.74) is 8.23. The molecular weight excluding hydrogens is 219 g/mol. The van der Waals surface area contributed by atoms with Crippen LogP contribution in [-0.4, -0.2) is 15.0 Å². The van der Waals surface area contributed by atoms with E-state index in [0.29, 0.717) is 6.54 Å². The van der Waals surface area contributed by atoms with Gasteiger partial charge in [-0.3, -0.25) is 0 Å². The Bertz CT molecular complexity index is 490. The third-order valence-corrected chi connectivity index (χ3v) is 2.60. The lowest BCUT2D eigenvalue weighted by Crippen LogP contribution is -2.06. The Kier molecular flexibility index (Phi) is 3.49. The zero-order valence-corrected chi connectivity index (χ0v) is 9.73. The molecule has 1 aromatic heterocycles. The van der Waals surface area contributed by atoms with E-state index in [4.69, 9.17) is 5.73 Å². The fourth-order valence-corrected chi connectivity index (χ4v) is 1.77. The van der Waals surface area contributed by atoms with Crippen LogP contribution in [0.25, 0.3) is 5.69 Å². The largest absolute Gasteiger partial charge is 0.325 e. The molecule has 0 fully saturated rings. The third kappa shape index (κ3) is 2.34. The van der Waals surface area contributed by atoms with E-state index in [2.05, 4.69) is 17.2 Å². The lowest BCUT2D eigenvalue weighted by atomic mass is 10.2. The molecule has 0 bridgehead atoms. The molecule has 1 heterocycles. The van der Waals surface area contributed by atoms with Crippen molar-refractivity contribution >= 4 is 0 Å². The van der Waals surface area contributed by atoms with Crippen molar-refractivity contribution in [1.29, 1.82) is 0 Å². The number of hydrogen-bond acceptors (Lipinski definition) is 3. The van der Waals surface area contributed by atoms with Crippen molar-refractivity contribution in [3.8, 4) is 5.69 Å². The minimum absolute atomic E-state index is 0.259. The highest BCUT2D eigenvalue weighted by Gasteiger charge is 2.11. The van der Waals surface area contributed by atoms with Crippen molar-refractivity contribution in [2.75, 3.05) is 0 Å². The lowest BCUT2D eigenvalue weighted by Gasteiger charge is -2.06. The van der Waals surface area contributed by atoms with Crippen molar-refractivity contribution in [1.82, 2.24) is 15.0 Å². The third-order valence-electron chi connectivity index (χ3n) is 2.60. The van der Waals surface area contributed by atoms with Crippen molar-refractivity contribution in [2.24, 2.45) is 5.73 Å². The van der Waals surface area contributed by atoms with Gasteiger partial charge in [-0.1, -0.05) is 18.6 Å². The van der Waals surface area contributed by atoms with Gasteiger partial charge in [0.25, 0.3) is 0 Å². The molecule has 0 saturated heterocycles. The van der Waals surface area contributed by atoms with Crippen LogP contribution in [0.3, 0.4) is 0 Å². The molecule has 0 saturated carbocycles. The summed E-state index contributed by atoms with van der Waals surface area (Å²) in [5, 5.41) is 8.12. The number of halogens is 1. The second kappa shape index (κ2) is 5.05. The highest BCUT2D eigenvalue weighted by atomic mass is 19.1. The number of nitrogens with two attached hydrogens (primary N) is 1. The normalized spacial score (nSPS) is 10.8. The molecule has 0 amide bonds. The van der Waals surface area contributed by atoms with Gasteiger partial charge in [0.2, 0.25) is 0 Å². The van der Waals surface area contributed by atoms with Gasteiger partial charge in [0.1, 0.15) is 5.82 Å². The summed E-state index contributed by atoms with van der Waals surface area (Å²) in [6.45, 7) is 2.46. The Balaban J connectivity index is 2.43. The number of aromatic nitrogens is 3. The smallest absolute Gasteiger partial charge is 0.123 e. The van der Waals surface area contributed by atoms with Crippen LogP contribution >= 0.6 is 0 Å². The van der Waals surface area contributed by atoms with Crippen molar-refractivity contribution in [3.05, 3.63) is 41.5 Å².